The van der Waals surface area contributed by atoms with E-state index in [4.69, 9.17) is 11.6 Å². The van der Waals surface area contributed by atoms with Crippen molar-refractivity contribution in [2.24, 2.45) is 0 Å². The number of nitrogens with one attached hydrogen (secondary N) is 1. The first-order chi connectivity index (χ1) is 9.75. The van der Waals surface area contributed by atoms with Gasteiger partial charge in [-0.1, -0.05) is 41.9 Å². The van der Waals surface area contributed by atoms with E-state index in [1.807, 2.05) is 18.2 Å². The molecule has 3 rings (SSSR count). The normalized spacial score (nSPS) is 15.5. The minimum atomic E-state index is 0.220. The van der Waals surface area contributed by atoms with Crippen molar-refractivity contribution in [3.8, 4) is 0 Å². The van der Waals surface area contributed by atoms with Crippen LogP contribution < -0.4 is 5.32 Å². The first-order valence-electron chi connectivity index (χ1n) is 7.37. The van der Waals surface area contributed by atoms with Gasteiger partial charge >= 0.3 is 0 Å². The molecule has 0 saturated carbocycles. The molecule has 0 fully saturated rings. The maximum atomic E-state index is 6.29. The van der Waals surface area contributed by atoms with Crippen LogP contribution in [0.3, 0.4) is 0 Å². The minimum absolute atomic E-state index is 0.220. The van der Waals surface area contributed by atoms with E-state index in [0.29, 0.717) is 0 Å². The molecule has 0 spiro atoms. The van der Waals surface area contributed by atoms with Gasteiger partial charge in [-0.25, -0.2) is 0 Å². The fourth-order valence-corrected chi connectivity index (χ4v) is 3.35. The van der Waals surface area contributed by atoms with Crippen LogP contribution in [-0.2, 0) is 12.8 Å². The van der Waals surface area contributed by atoms with Crippen molar-refractivity contribution in [2.75, 3.05) is 5.32 Å². The van der Waals surface area contributed by atoms with Gasteiger partial charge in [0.05, 0.1) is 0 Å². The van der Waals surface area contributed by atoms with Gasteiger partial charge in [-0.3, -0.25) is 0 Å². The smallest absolute Gasteiger partial charge is 0.0500 e. The van der Waals surface area contributed by atoms with E-state index in [2.05, 4.69) is 36.5 Å². The van der Waals surface area contributed by atoms with Crippen molar-refractivity contribution in [2.45, 2.75) is 38.6 Å². The number of anilines is 1. The topological polar surface area (TPSA) is 12.0 Å². The van der Waals surface area contributed by atoms with E-state index < -0.39 is 0 Å². The molecule has 0 radical (unpaired) electrons. The summed E-state index contributed by atoms with van der Waals surface area (Å²) in [5, 5.41) is 4.47. The van der Waals surface area contributed by atoms with Gasteiger partial charge in [-0.05, 0) is 61.4 Å². The molecule has 1 unspecified atom stereocenters. The first kappa shape index (κ1) is 13.5. The van der Waals surface area contributed by atoms with E-state index in [1.54, 1.807) is 0 Å². The van der Waals surface area contributed by atoms with E-state index in [0.717, 1.165) is 10.6 Å². The summed E-state index contributed by atoms with van der Waals surface area (Å²) in [6.45, 7) is 2.17. The number of halogens is 1. The minimum Gasteiger partial charge on any atom is -0.378 e. The van der Waals surface area contributed by atoms with Gasteiger partial charge in [0.2, 0.25) is 0 Å². The van der Waals surface area contributed by atoms with Crippen LogP contribution in [0.15, 0.2) is 42.5 Å². The highest BCUT2D eigenvalue weighted by Crippen LogP contribution is 2.31. The third-order valence-electron chi connectivity index (χ3n) is 4.14. The summed E-state index contributed by atoms with van der Waals surface area (Å²) in [6.07, 6.45) is 5.02. The van der Waals surface area contributed by atoms with Gasteiger partial charge in [-0.15, -0.1) is 0 Å². The lowest BCUT2D eigenvalue weighted by Crippen LogP contribution is -2.12. The Labute approximate surface area is 126 Å². The Kier molecular flexibility index (Phi) is 3.98. The lowest BCUT2D eigenvalue weighted by molar-refractivity contribution is 0.685. The summed E-state index contributed by atoms with van der Waals surface area (Å²) >= 11 is 6.29. The largest absolute Gasteiger partial charge is 0.378 e. The Morgan fingerprint density at radius 1 is 1.00 bits per heavy atom. The molecule has 0 saturated heterocycles. The Hall–Kier alpha value is -1.47. The number of hydrogen-bond donors (Lipinski definition) is 1. The van der Waals surface area contributed by atoms with Crippen LogP contribution >= 0.6 is 11.6 Å². The van der Waals surface area contributed by atoms with Gasteiger partial charge in [-0.2, -0.15) is 0 Å². The Morgan fingerprint density at radius 2 is 1.80 bits per heavy atom. The quantitative estimate of drug-likeness (QED) is 0.797. The highest BCUT2D eigenvalue weighted by Gasteiger charge is 2.15. The zero-order valence-electron chi connectivity index (χ0n) is 11.8. The number of benzene rings is 2. The molecule has 1 aliphatic rings. The van der Waals surface area contributed by atoms with Crippen molar-refractivity contribution in [3.05, 3.63) is 64.2 Å². The molecule has 2 heteroatoms. The van der Waals surface area contributed by atoms with Gasteiger partial charge in [0.15, 0.2) is 0 Å². The Bertz CT molecular complexity index is 606. The SMILES string of the molecule is CC(Nc1cccc2c1CCCC2)c1ccccc1Cl. The number of fused-ring (bicyclic) bond motifs is 1. The van der Waals surface area contributed by atoms with E-state index in [-0.39, 0.29) is 6.04 Å². The molecule has 1 aliphatic carbocycles. The molecule has 0 amide bonds. The van der Waals surface area contributed by atoms with E-state index in [9.17, 15) is 0 Å². The van der Waals surface area contributed by atoms with Crippen molar-refractivity contribution in [3.63, 3.8) is 0 Å². The lowest BCUT2D eigenvalue weighted by Gasteiger charge is -2.23. The predicted octanol–water partition coefficient (Wildman–Crippen LogP) is 5.39. The second-order valence-electron chi connectivity index (χ2n) is 5.54. The zero-order chi connectivity index (χ0) is 13.9. The number of aryl methyl sites for hydroxylation is 1. The third-order valence-corrected chi connectivity index (χ3v) is 4.48. The van der Waals surface area contributed by atoms with Crippen LogP contribution in [0.1, 0.15) is 42.5 Å². The Balaban J connectivity index is 1.86. The maximum absolute atomic E-state index is 6.29. The second kappa shape index (κ2) is 5.88. The summed E-state index contributed by atoms with van der Waals surface area (Å²) < 4.78 is 0. The molecule has 0 bridgehead atoms. The fraction of sp³-hybridized carbons (Fsp3) is 0.333. The van der Waals surface area contributed by atoms with Crippen molar-refractivity contribution < 1.29 is 0 Å². The van der Waals surface area contributed by atoms with Gasteiger partial charge in [0.1, 0.15) is 0 Å². The summed E-state index contributed by atoms with van der Waals surface area (Å²) in [4.78, 5) is 0. The summed E-state index contributed by atoms with van der Waals surface area (Å²) in [7, 11) is 0. The molecule has 20 heavy (non-hydrogen) atoms. The van der Waals surface area contributed by atoms with E-state index in [1.165, 1.54) is 42.5 Å². The van der Waals surface area contributed by atoms with Gasteiger partial charge < -0.3 is 5.32 Å². The summed E-state index contributed by atoms with van der Waals surface area (Å²) in [5.74, 6) is 0. The molecule has 2 aromatic carbocycles. The highest BCUT2D eigenvalue weighted by atomic mass is 35.5. The second-order valence-corrected chi connectivity index (χ2v) is 5.95. The summed E-state index contributed by atoms with van der Waals surface area (Å²) in [5.41, 5.74) is 5.43. The van der Waals surface area contributed by atoms with Gasteiger partial charge in [0, 0.05) is 16.8 Å². The van der Waals surface area contributed by atoms with Crippen molar-refractivity contribution >= 4 is 17.3 Å². The van der Waals surface area contributed by atoms with Crippen LogP contribution in [0.2, 0.25) is 5.02 Å². The zero-order valence-corrected chi connectivity index (χ0v) is 12.6. The van der Waals surface area contributed by atoms with E-state index >= 15 is 0 Å². The molecule has 0 heterocycles. The van der Waals surface area contributed by atoms with Crippen LogP contribution in [0.4, 0.5) is 5.69 Å². The van der Waals surface area contributed by atoms with Crippen LogP contribution in [0.5, 0.6) is 0 Å². The molecular formula is C18H20ClN. The lowest BCUT2D eigenvalue weighted by atomic mass is 9.90. The molecular weight excluding hydrogens is 266 g/mol. The molecule has 1 atom stereocenters. The molecule has 0 aliphatic heterocycles. The average molecular weight is 286 g/mol. The van der Waals surface area contributed by atoms with Crippen LogP contribution in [0, 0.1) is 0 Å². The number of rotatable bonds is 3. The molecule has 2 aromatic rings. The first-order valence-corrected chi connectivity index (χ1v) is 7.75. The molecule has 1 N–H and O–H groups in total. The fourth-order valence-electron chi connectivity index (χ4n) is 3.05. The van der Waals surface area contributed by atoms with Crippen LogP contribution in [-0.4, -0.2) is 0 Å². The van der Waals surface area contributed by atoms with Crippen molar-refractivity contribution in [1.29, 1.82) is 0 Å². The molecule has 1 nitrogen and oxygen atoms in total. The number of hydrogen-bond acceptors (Lipinski definition) is 1. The van der Waals surface area contributed by atoms with Gasteiger partial charge in [0.25, 0.3) is 0 Å². The predicted molar refractivity (Wildman–Crippen MR) is 86.6 cm³/mol. The molecule has 0 aromatic heterocycles. The standard InChI is InChI=1S/C18H20ClN/c1-13(15-9-4-5-11-17(15)19)20-18-12-6-8-14-7-2-3-10-16(14)18/h4-6,8-9,11-13,20H,2-3,7,10H2,1H3. The van der Waals surface area contributed by atoms with Crippen LogP contribution in [0.25, 0.3) is 0 Å². The monoisotopic (exact) mass is 285 g/mol. The summed E-state index contributed by atoms with van der Waals surface area (Å²) in [6, 6.07) is 14.9. The maximum Gasteiger partial charge on any atom is 0.0500 e. The highest BCUT2D eigenvalue weighted by molar-refractivity contribution is 6.31. The Morgan fingerprint density at radius 3 is 2.65 bits per heavy atom. The average Bonchev–Trinajstić information content (AvgIpc) is 2.48. The third kappa shape index (κ3) is 2.69. The molecule has 104 valence electrons. The van der Waals surface area contributed by atoms with Crippen molar-refractivity contribution in [1.82, 2.24) is 0 Å².